The molecule has 0 amide bonds. The minimum Gasteiger partial charge on any atom is -0.192 e. The Hall–Kier alpha value is -3.32. The molecular formula is C29H32F3N. The van der Waals surface area contributed by atoms with Gasteiger partial charge in [-0.25, -0.2) is 0 Å². The van der Waals surface area contributed by atoms with Crippen LogP contribution in [0.15, 0.2) is 98.1 Å². The summed E-state index contributed by atoms with van der Waals surface area (Å²) >= 11 is 0. The smallest absolute Gasteiger partial charge is 0.192 e. The average molecular weight is 452 g/mol. The molecule has 2 aromatic carbocycles. The number of aryl methyl sites for hydroxylation is 1. The summed E-state index contributed by atoms with van der Waals surface area (Å²) < 4.78 is 39.8. The molecule has 0 aliphatic heterocycles. The van der Waals surface area contributed by atoms with Crippen LogP contribution >= 0.6 is 0 Å². The van der Waals surface area contributed by atoms with E-state index in [0.29, 0.717) is 17.9 Å². The monoisotopic (exact) mass is 451 g/mol. The van der Waals surface area contributed by atoms with E-state index < -0.39 is 12.1 Å². The van der Waals surface area contributed by atoms with E-state index in [-0.39, 0.29) is 17.6 Å². The number of halogens is 3. The number of alkyl halides is 3. The lowest BCUT2D eigenvalue weighted by Crippen LogP contribution is -2.27. The molecule has 0 aromatic heterocycles. The normalized spacial score (nSPS) is 15.5. The molecule has 2 aromatic rings. The van der Waals surface area contributed by atoms with Crippen molar-refractivity contribution in [2.75, 3.05) is 0 Å². The molecule has 0 bridgehead atoms. The standard InChI is InChI=1S/C16H14F3N.C11H14.C2H4/c1-10-3-4-13-8-15(16(17,18)19)14(11(2)9-20)6-5-12(13)7-10;1-3-10(2)9-11-7-5-4-6-8-11;1-2/h3-4,6-7,15H,2,5,8H2,1H3;3-8,10H,1,9H2,2H3;1-2H2. The van der Waals surface area contributed by atoms with E-state index in [9.17, 15) is 13.2 Å². The maximum Gasteiger partial charge on any atom is 0.396 e. The Bertz CT molecular complexity index is 994. The summed E-state index contributed by atoms with van der Waals surface area (Å²) in [4.78, 5) is 0. The Morgan fingerprint density at radius 1 is 1.15 bits per heavy atom. The van der Waals surface area contributed by atoms with Gasteiger partial charge in [-0.3, -0.25) is 0 Å². The van der Waals surface area contributed by atoms with Crippen LogP contribution in [0.1, 0.15) is 29.2 Å². The number of hydrogen-bond donors (Lipinski definition) is 0. The fraction of sp³-hybridized carbons (Fsp3) is 0.276. The number of nitriles is 1. The van der Waals surface area contributed by atoms with Crippen LogP contribution in [0.5, 0.6) is 0 Å². The van der Waals surface area contributed by atoms with Crippen molar-refractivity contribution >= 4 is 0 Å². The van der Waals surface area contributed by atoms with E-state index in [1.165, 1.54) is 11.6 Å². The first-order chi connectivity index (χ1) is 15.7. The van der Waals surface area contributed by atoms with Crippen molar-refractivity contribution in [1.29, 1.82) is 5.26 Å². The van der Waals surface area contributed by atoms with Crippen molar-refractivity contribution in [2.24, 2.45) is 11.8 Å². The van der Waals surface area contributed by atoms with Crippen molar-refractivity contribution in [2.45, 2.75) is 39.3 Å². The third-order valence-corrected chi connectivity index (χ3v) is 5.38. The minimum absolute atomic E-state index is 0.00820. The molecule has 2 atom stereocenters. The van der Waals surface area contributed by atoms with E-state index in [4.69, 9.17) is 5.26 Å². The van der Waals surface area contributed by atoms with Crippen molar-refractivity contribution in [1.82, 2.24) is 0 Å². The predicted octanol–water partition coefficient (Wildman–Crippen LogP) is 8.13. The second kappa shape index (κ2) is 13.3. The second-order valence-electron chi connectivity index (χ2n) is 7.93. The highest BCUT2D eigenvalue weighted by Crippen LogP contribution is 2.39. The third kappa shape index (κ3) is 8.61. The SMILES string of the molecule is C=C.C=C(C#N)C1=CCc2cc(C)ccc2CC1C(F)(F)F.C=CC(C)Cc1ccccc1. The van der Waals surface area contributed by atoms with Gasteiger partial charge in [-0.05, 0) is 54.4 Å². The quantitative estimate of drug-likeness (QED) is 0.340. The van der Waals surface area contributed by atoms with Crippen molar-refractivity contribution in [3.05, 3.63) is 120 Å². The predicted molar refractivity (Wildman–Crippen MR) is 132 cm³/mol. The average Bonchev–Trinajstić information content (AvgIpc) is 3.00. The lowest BCUT2D eigenvalue weighted by Gasteiger charge is -2.22. The molecule has 3 rings (SSSR count). The van der Waals surface area contributed by atoms with Gasteiger partial charge >= 0.3 is 6.18 Å². The first-order valence-corrected chi connectivity index (χ1v) is 10.8. The van der Waals surface area contributed by atoms with Gasteiger partial charge in [0.2, 0.25) is 0 Å². The molecule has 2 unspecified atom stereocenters. The van der Waals surface area contributed by atoms with Crippen LogP contribution in [0.2, 0.25) is 0 Å². The Balaban J connectivity index is 0.000000354. The molecule has 1 aliphatic carbocycles. The summed E-state index contributed by atoms with van der Waals surface area (Å²) in [7, 11) is 0. The largest absolute Gasteiger partial charge is 0.396 e. The lowest BCUT2D eigenvalue weighted by molar-refractivity contribution is -0.162. The molecule has 0 saturated carbocycles. The number of rotatable bonds is 4. The number of hydrogen-bond acceptors (Lipinski definition) is 1. The fourth-order valence-electron chi connectivity index (χ4n) is 3.60. The summed E-state index contributed by atoms with van der Waals surface area (Å²) in [5.74, 6) is -1.07. The van der Waals surface area contributed by atoms with E-state index in [0.717, 1.165) is 17.5 Å². The molecule has 4 heteroatoms. The first-order valence-electron chi connectivity index (χ1n) is 10.8. The van der Waals surface area contributed by atoms with Crippen LogP contribution in [-0.2, 0) is 19.3 Å². The zero-order chi connectivity index (χ0) is 25.0. The lowest BCUT2D eigenvalue weighted by atomic mass is 9.88. The van der Waals surface area contributed by atoms with Gasteiger partial charge < -0.3 is 0 Å². The van der Waals surface area contributed by atoms with Gasteiger partial charge in [0, 0.05) is 5.57 Å². The zero-order valence-corrected chi connectivity index (χ0v) is 19.5. The van der Waals surface area contributed by atoms with Crippen LogP contribution in [0.25, 0.3) is 0 Å². The van der Waals surface area contributed by atoms with Crippen LogP contribution in [0, 0.1) is 30.1 Å². The fourth-order valence-corrected chi connectivity index (χ4v) is 3.60. The van der Waals surface area contributed by atoms with E-state index >= 15 is 0 Å². The molecule has 1 nitrogen and oxygen atoms in total. The Labute approximate surface area is 196 Å². The van der Waals surface area contributed by atoms with E-state index in [2.05, 4.69) is 57.5 Å². The van der Waals surface area contributed by atoms with Crippen LogP contribution in [-0.4, -0.2) is 6.18 Å². The molecule has 0 heterocycles. The first kappa shape index (κ1) is 27.7. The van der Waals surface area contributed by atoms with Crippen molar-refractivity contribution in [3.63, 3.8) is 0 Å². The van der Waals surface area contributed by atoms with Gasteiger partial charge in [-0.1, -0.05) is 79.7 Å². The Morgan fingerprint density at radius 3 is 2.33 bits per heavy atom. The van der Waals surface area contributed by atoms with Gasteiger partial charge in [0.25, 0.3) is 0 Å². The van der Waals surface area contributed by atoms with Crippen LogP contribution in [0.3, 0.4) is 0 Å². The molecule has 174 valence electrons. The van der Waals surface area contributed by atoms with Gasteiger partial charge in [-0.15, -0.1) is 19.7 Å². The van der Waals surface area contributed by atoms with Gasteiger partial charge in [-0.2, -0.15) is 18.4 Å². The van der Waals surface area contributed by atoms with Crippen molar-refractivity contribution in [3.8, 4) is 6.07 Å². The third-order valence-electron chi connectivity index (χ3n) is 5.38. The molecule has 1 aliphatic rings. The molecular weight excluding hydrogens is 419 g/mol. The Morgan fingerprint density at radius 2 is 1.79 bits per heavy atom. The topological polar surface area (TPSA) is 23.8 Å². The van der Waals surface area contributed by atoms with E-state index in [1.807, 2.05) is 31.2 Å². The summed E-state index contributed by atoms with van der Waals surface area (Å²) in [6.07, 6.45) is 0.482. The van der Waals surface area contributed by atoms with E-state index in [1.54, 1.807) is 12.1 Å². The van der Waals surface area contributed by atoms with Crippen molar-refractivity contribution < 1.29 is 13.2 Å². The molecule has 0 fully saturated rings. The van der Waals surface area contributed by atoms with Crippen LogP contribution < -0.4 is 0 Å². The maximum absolute atomic E-state index is 13.3. The molecule has 0 radical (unpaired) electrons. The summed E-state index contributed by atoms with van der Waals surface area (Å²) in [6, 6.07) is 17.7. The molecule has 33 heavy (non-hydrogen) atoms. The second-order valence-corrected chi connectivity index (χ2v) is 7.93. The minimum atomic E-state index is -4.38. The summed E-state index contributed by atoms with van der Waals surface area (Å²) in [5.41, 5.74) is 3.89. The Kier molecular flexibility index (Phi) is 11.2. The van der Waals surface area contributed by atoms with Gasteiger partial charge in [0.1, 0.15) is 0 Å². The molecule has 0 saturated heterocycles. The highest BCUT2D eigenvalue weighted by atomic mass is 19.4. The number of allylic oxidation sites excluding steroid dienone is 4. The highest BCUT2D eigenvalue weighted by molar-refractivity contribution is 5.46. The zero-order valence-electron chi connectivity index (χ0n) is 19.5. The molecule has 0 N–H and O–H groups in total. The van der Waals surface area contributed by atoms with Crippen LogP contribution in [0.4, 0.5) is 13.2 Å². The number of fused-ring (bicyclic) bond motifs is 1. The van der Waals surface area contributed by atoms with Gasteiger partial charge in [0.15, 0.2) is 0 Å². The summed E-state index contributed by atoms with van der Waals surface area (Å²) in [5, 5.41) is 8.87. The number of benzene rings is 2. The highest BCUT2D eigenvalue weighted by Gasteiger charge is 2.43. The van der Waals surface area contributed by atoms with Gasteiger partial charge in [0.05, 0.1) is 12.0 Å². The maximum atomic E-state index is 13.3. The number of nitrogens with zero attached hydrogens (tertiary/aromatic N) is 1. The molecule has 0 spiro atoms. The summed E-state index contributed by atoms with van der Waals surface area (Å²) in [6.45, 7) is 17.3.